The largest absolute Gasteiger partial charge is 0.296 e. The number of para-hydroxylation sites is 1. The van der Waals surface area contributed by atoms with Gasteiger partial charge in [0.05, 0.1) is 16.1 Å². The SMILES string of the molecule is O=C(Nc1nnc(C2CC2)s1)c1cn(-c2ccccc2)nc1-c1cccs1. The van der Waals surface area contributed by atoms with Crippen LogP contribution in [0, 0.1) is 0 Å². The molecule has 1 N–H and O–H groups in total. The normalized spacial score (nSPS) is 13.6. The Labute approximate surface area is 163 Å². The Kier molecular flexibility index (Phi) is 4.06. The van der Waals surface area contributed by atoms with E-state index in [0.717, 1.165) is 28.4 Å². The standard InChI is InChI=1S/C19H15N5OS2/c25-17(20-19-22-21-18(27-19)12-8-9-12)14-11-24(13-5-2-1-3-6-13)23-16(14)15-7-4-10-26-15/h1-7,10-12H,8-9H2,(H,20,22,25). The second-order valence-corrected chi connectivity index (χ2v) is 8.28. The van der Waals surface area contributed by atoms with E-state index >= 15 is 0 Å². The van der Waals surface area contributed by atoms with Crippen LogP contribution in [0.4, 0.5) is 5.13 Å². The molecule has 3 heterocycles. The molecule has 0 atom stereocenters. The molecule has 27 heavy (non-hydrogen) atoms. The number of carbonyl (C=O) groups is 1. The smallest absolute Gasteiger partial charge is 0.261 e. The van der Waals surface area contributed by atoms with Crippen LogP contribution in [0.3, 0.4) is 0 Å². The van der Waals surface area contributed by atoms with Crippen molar-refractivity contribution in [1.29, 1.82) is 0 Å². The summed E-state index contributed by atoms with van der Waals surface area (Å²) in [6.07, 6.45) is 4.09. The molecule has 134 valence electrons. The van der Waals surface area contributed by atoms with Crippen LogP contribution in [-0.4, -0.2) is 25.9 Å². The number of carbonyl (C=O) groups excluding carboxylic acids is 1. The van der Waals surface area contributed by atoms with E-state index in [2.05, 4.69) is 20.6 Å². The van der Waals surface area contributed by atoms with Gasteiger partial charge < -0.3 is 0 Å². The maximum atomic E-state index is 12.9. The molecule has 1 aromatic carbocycles. The van der Waals surface area contributed by atoms with Crippen molar-refractivity contribution in [2.75, 3.05) is 5.32 Å². The van der Waals surface area contributed by atoms with Gasteiger partial charge in [0.1, 0.15) is 10.7 Å². The van der Waals surface area contributed by atoms with Crippen LogP contribution in [-0.2, 0) is 0 Å². The Morgan fingerprint density at radius 1 is 1.11 bits per heavy atom. The predicted molar refractivity (Wildman–Crippen MR) is 107 cm³/mol. The monoisotopic (exact) mass is 393 g/mol. The van der Waals surface area contributed by atoms with Crippen molar-refractivity contribution in [2.24, 2.45) is 0 Å². The van der Waals surface area contributed by atoms with Gasteiger partial charge >= 0.3 is 0 Å². The van der Waals surface area contributed by atoms with Gasteiger partial charge in [0, 0.05) is 12.1 Å². The summed E-state index contributed by atoms with van der Waals surface area (Å²) in [6.45, 7) is 0. The van der Waals surface area contributed by atoms with E-state index in [1.165, 1.54) is 11.3 Å². The average molecular weight is 393 g/mol. The number of hydrogen-bond donors (Lipinski definition) is 1. The van der Waals surface area contributed by atoms with Crippen LogP contribution in [0.25, 0.3) is 16.3 Å². The van der Waals surface area contributed by atoms with E-state index in [-0.39, 0.29) is 5.91 Å². The fourth-order valence-corrected chi connectivity index (χ4v) is 4.42. The predicted octanol–water partition coefficient (Wildman–Crippen LogP) is 4.58. The van der Waals surface area contributed by atoms with Crippen LogP contribution in [0.1, 0.15) is 34.1 Å². The molecule has 4 aromatic rings. The zero-order chi connectivity index (χ0) is 18.2. The summed E-state index contributed by atoms with van der Waals surface area (Å²) >= 11 is 3.01. The lowest BCUT2D eigenvalue weighted by Crippen LogP contribution is -2.12. The van der Waals surface area contributed by atoms with Crippen LogP contribution in [0.5, 0.6) is 0 Å². The minimum absolute atomic E-state index is 0.223. The molecule has 1 amide bonds. The van der Waals surface area contributed by atoms with Gasteiger partial charge in [-0.3, -0.25) is 10.1 Å². The number of benzene rings is 1. The zero-order valence-corrected chi connectivity index (χ0v) is 15.8. The van der Waals surface area contributed by atoms with Gasteiger partial charge in [-0.15, -0.1) is 21.5 Å². The molecule has 1 saturated carbocycles. The van der Waals surface area contributed by atoms with Crippen LogP contribution in [0.2, 0.25) is 0 Å². The van der Waals surface area contributed by atoms with Crippen LogP contribution >= 0.6 is 22.7 Å². The Morgan fingerprint density at radius 2 is 1.96 bits per heavy atom. The van der Waals surface area contributed by atoms with E-state index in [4.69, 9.17) is 0 Å². The first-order valence-corrected chi connectivity index (χ1v) is 10.3. The molecule has 0 saturated heterocycles. The first-order valence-electron chi connectivity index (χ1n) is 8.61. The second kappa shape index (κ2) is 6.71. The molecule has 8 heteroatoms. The number of nitrogens with zero attached hydrogens (tertiary/aromatic N) is 4. The van der Waals surface area contributed by atoms with Gasteiger partial charge in [0.15, 0.2) is 0 Å². The van der Waals surface area contributed by atoms with Gasteiger partial charge in [0.25, 0.3) is 5.91 Å². The molecule has 0 unspecified atom stereocenters. The Balaban J connectivity index is 1.49. The maximum Gasteiger partial charge on any atom is 0.261 e. The number of aromatic nitrogens is 4. The fourth-order valence-electron chi connectivity index (χ4n) is 2.79. The van der Waals surface area contributed by atoms with E-state index in [9.17, 15) is 4.79 Å². The number of anilines is 1. The lowest BCUT2D eigenvalue weighted by Gasteiger charge is -2.00. The molecule has 0 spiro atoms. The molecule has 0 radical (unpaired) electrons. The van der Waals surface area contributed by atoms with Crippen molar-refractivity contribution in [3.05, 3.63) is 64.6 Å². The highest BCUT2D eigenvalue weighted by Gasteiger charge is 2.28. The molecule has 1 fully saturated rings. The third kappa shape index (κ3) is 3.29. The minimum Gasteiger partial charge on any atom is -0.296 e. The lowest BCUT2D eigenvalue weighted by molar-refractivity contribution is 0.102. The number of hydrogen-bond acceptors (Lipinski definition) is 6. The first-order chi connectivity index (χ1) is 13.3. The third-order valence-corrected chi connectivity index (χ3v) is 6.20. The zero-order valence-electron chi connectivity index (χ0n) is 14.2. The average Bonchev–Trinajstić information content (AvgIpc) is 3.11. The molecular weight excluding hydrogens is 378 g/mol. The van der Waals surface area contributed by atoms with Crippen LogP contribution in [0.15, 0.2) is 54.0 Å². The summed E-state index contributed by atoms with van der Waals surface area (Å²) in [4.78, 5) is 13.9. The van der Waals surface area contributed by atoms with Gasteiger partial charge in [-0.1, -0.05) is 35.6 Å². The number of thiophene rings is 1. The van der Waals surface area contributed by atoms with E-state index in [0.29, 0.717) is 22.3 Å². The summed E-state index contributed by atoms with van der Waals surface area (Å²) in [6, 6.07) is 13.7. The highest BCUT2D eigenvalue weighted by molar-refractivity contribution is 7.15. The molecule has 0 aliphatic heterocycles. The number of rotatable bonds is 5. The molecule has 5 rings (SSSR count). The van der Waals surface area contributed by atoms with E-state index in [1.807, 2.05) is 47.8 Å². The highest BCUT2D eigenvalue weighted by Crippen LogP contribution is 2.42. The van der Waals surface area contributed by atoms with E-state index < -0.39 is 0 Å². The molecule has 1 aliphatic rings. The molecular formula is C19H15N5OS2. The number of amides is 1. The van der Waals surface area contributed by atoms with Crippen LogP contribution < -0.4 is 5.32 Å². The fraction of sp³-hybridized carbons (Fsp3) is 0.158. The summed E-state index contributed by atoms with van der Waals surface area (Å²) < 4.78 is 1.74. The quantitative estimate of drug-likeness (QED) is 0.539. The minimum atomic E-state index is -0.223. The maximum absolute atomic E-state index is 12.9. The lowest BCUT2D eigenvalue weighted by atomic mass is 10.2. The Morgan fingerprint density at radius 3 is 2.70 bits per heavy atom. The summed E-state index contributed by atoms with van der Waals surface area (Å²) in [5, 5.41) is 19.4. The summed E-state index contributed by atoms with van der Waals surface area (Å²) in [5.41, 5.74) is 2.09. The van der Waals surface area contributed by atoms with Gasteiger partial charge in [-0.25, -0.2) is 4.68 Å². The van der Waals surface area contributed by atoms with Crippen molar-refractivity contribution >= 4 is 33.7 Å². The van der Waals surface area contributed by atoms with Crippen molar-refractivity contribution in [3.63, 3.8) is 0 Å². The van der Waals surface area contributed by atoms with Gasteiger partial charge in [0.2, 0.25) is 5.13 Å². The van der Waals surface area contributed by atoms with Gasteiger partial charge in [-0.05, 0) is 36.4 Å². The van der Waals surface area contributed by atoms with Crippen molar-refractivity contribution in [3.8, 4) is 16.3 Å². The molecule has 6 nitrogen and oxygen atoms in total. The van der Waals surface area contributed by atoms with Crippen molar-refractivity contribution in [2.45, 2.75) is 18.8 Å². The Hall–Kier alpha value is -2.84. The van der Waals surface area contributed by atoms with E-state index in [1.54, 1.807) is 22.2 Å². The topological polar surface area (TPSA) is 72.7 Å². The van der Waals surface area contributed by atoms with Crippen molar-refractivity contribution < 1.29 is 4.79 Å². The van der Waals surface area contributed by atoms with Gasteiger partial charge in [-0.2, -0.15) is 5.10 Å². The van der Waals surface area contributed by atoms with Crippen molar-refractivity contribution in [1.82, 2.24) is 20.0 Å². The molecule has 0 bridgehead atoms. The Bertz CT molecular complexity index is 1080. The molecule has 1 aliphatic carbocycles. The molecule has 3 aromatic heterocycles. The number of nitrogens with one attached hydrogen (secondary N) is 1. The second-order valence-electron chi connectivity index (χ2n) is 6.32. The highest BCUT2D eigenvalue weighted by atomic mass is 32.1. The third-order valence-electron chi connectivity index (χ3n) is 4.32. The summed E-state index contributed by atoms with van der Waals surface area (Å²) in [7, 11) is 0. The first kappa shape index (κ1) is 16.3. The summed E-state index contributed by atoms with van der Waals surface area (Å²) in [5.74, 6) is 0.301.